The van der Waals surface area contributed by atoms with Gasteiger partial charge < -0.3 is 13.8 Å². The summed E-state index contributed by atoms with van der Waals surface area (Å²) < 4.78 is 11.3. The van der Waals surface area contributed by atoms with Gasteiger partial charge in [0.25, 0.3) is 5.91 Å². The fraction of sp³-hybridized carbons (Fsp3) is 0.316. The second-order valence-corrected chi connectivity index (χ2v) is 7.33. The van der Waals surface area contributed by atoms with Crippen molar-refractivity contribution in [2.75, 3.05) is 26.2 Å². The average Bonchev–Trinajstić information content (AvgIpc) is 3.32. The lowest BCUT2D eigenvalue weighted by Gasteiger charge is -2.33. The molecule has 3 aromatic rings. The van der Waals surface area contributed by atoms with Crippen molar-refractivity contribution in [3.05, 3.63) is 58.3 Å². The molecule has 1 aromatic carbocycles. The van der Waals surface area contributed by atoms with E-state index in [9.17, 15) is 4.79 Å². The Labute approximate surface area is 165 Å². The largest absolute Gasteiger partial charge is 0.444 e. The summed E-state index contributed by atoms with van der Waals surface area (Å²) >= 11 is 3.22. The highest BCUT2D eigenvalue weighted by molar-refractivity contribution is 9.10. The van der Waals surface area contributed by atoms with E-state index in [0.29, 0.717) is 41.8 Å². The zero-order chi connectivity index (χ0) is 18.8. The number of piperazine rings is 1. The molecule has 0 saturated carbocycles. The maximum atomic E-state index is 12.4. The minimum absolute atomic E-state index is 0.0835. The van der Waals surface area contributed by atoms with Gasteiger partial charge in [0, 0.05) is 31.7 Å². The number of rotatable bonds is 4. The van der Waals surface area contributed by atoms with Crippen LogP contribution in [0.4, 0.5) is 0 Å². The molecule has 0 radical (unpaired) electrons. The number of hydrogen-bond donors (Lipinski definition) is 0. The summed E-state index contributed by atoms with van der Waals surface area (Å²) in [6.07, 6.45) is 0. The number of amides is 1. The Balaban J connectivity index is 1.33. The van der Waals surface area contributed by atoms with Crippen LogP contribution in [0.3, 0.4) is 0 Å². The first-order valence-corrected chi connectivity index (χ1v) is 9.54. The molecule has 0 atom stereocenters. The Morgan fingerprint density at radius 3 is 2.52 bits per heavy atom. The lowest BCUT2D eigenvalue weighted by atomic mass is 10.1. The molecule has 1 aliphatic heterocycles. The molecule has 1 amide bonds. The van der Waals surface area contributed by atoms with Crippen molar-refractivity contribution in [1.82, 2.24) is 19.9 Å². The second kappa shape index (κ2) is 7.66. The second-order valence-electron chi connectivity index (χ2n) is 6.55. The van der Waals surface area contributed by atoms with Crippen LogP contribution in [0, 0.1) is 6.92 Å². The van der Waals surface area contributed by atoms with E-state index in [1.54, 1.807) is 17.0 Å². The van der Waals surface area contributed by atoms with E-state index in [2.05, 4.69) is 31.0 Å². The Kier molecular flexibility index (Phi) is 5.09. The number of nitrogens with zero attached hydrogens (tertiary/aromatic N) is 4. The molecule has 7 nitrogen and oxygen atoms in total. The molecule has 4 rings (SSSR count). The van der Waals surface area contributed by atoms with Gasteiger partial charge in [0.05, 0.1) is 6.54 Å². The van der Waals surface area contributed by atoms with Gasteiger partial charge in [-0.1, -0.05) is 35.0 Å². The zero-order valence-corrected chi connectivity index (χ0v) is 16.5. The van der Waals surface area contributed by atoms with Gasteiger partial charge in [-0.2, -0.15) is 4.98 Å². The van der Waals surface area contributed by atoms with Crippen LogP contribution >= 0.6 is 15.9 Å². The van der Waals surface area contributed by atoms with Crippen molar-refractivity contribution in [3.8, 4) is 11.4 Å². The van der Waals surface area contributed by atoms with Gasteiger partial charge in [0.1, 0.15) is 0 Å². The predicted molar refractivity (Wildman–Crippen MR) is 102 cm³/mol. The molecular formula is C19H19BrN4O3. The first kappa shape index (κ1) is 17.9. The highest BCUT2D eigenvalue weighted by Gasteiger charge is 2.25. The van der Waals surface area contributed by atoms with E-state index in [1.165, 1.54) is 5.56 Å². The summed E-state index contributed by atoms with van der Waals surface area (Å²) in [4.78, 5) is 20.9. The standard InChI is InChI=1S/C19H19BrN4O3/c1-13-2-4-14(5-3-13)18-21-17(27-22-18)12-23-8-10-24(11-9-23)19(25)15-6-7-16(20)26-15/h2-7H,8-12H2,1H3. The molecule has 2 aromatic heterocycles. The van der Waals surface area contributed by atoms with Gasteiger partial charge in [0.2, 0.25) is 11.7 Å². The number of furan rings is 1. The smallest absolute Gasteiger partial charge is 0.289 e. The van der Waals surface area contributed by atoms with Crippen LogP contribution in [0.1, 0.15) is 22.0 Å². The summed E-state index contributed by atoms with van der Waals surface area (Å²) in [5, 5.41) is 4.07. The lowest BCUT2D eigenvalue weighted by Crippen LogP contribution is -2.48. The van der Waals surface area contributed by atoms with Gasteiger partial charge in [-0.25, -0.2) is 0 Å². The molecule has 1 aliphatic rings. The number of benzene rings is 1. The van der Waals surface area contributed by atoms with Crippen molar-refractivity contribution in [1.29, 1.82) is 0 Å². The normalized spacial score (nSPS) is 15.3. The van der Waals surface area contributed by atoms with Gasteiger partial charge in [0.15, 0.2) is 10.4 Å². The fourth-order valence-corrected chi connectivity index (χ4v) is 3.33. The van der Waals surface area contributed by atoms with Crippen LogP contribution in [0.2, 0.25) is 0 Å². The van der Waals surface area contributed by atoms with Crippen molar-refractivity contribution in [3.63, 3.8) is 0 Å². The Bertz CT molecular complexity index is 927. The van der Waals surface area contributed by atoms with E-state index < -0.39 is 0 Å². The van der Waals surface area contributed by atoms with E-state index in [-0.39, 0.29) is 5.91 Å². The maximum Gasteiger partial charge on any atom is 0.289 e. The number of carbonyl (C=O) groups excluding carboxylic acids is 1. The molecule has 0 spiro atoms. The number of hydrogen-bond acceptors (Lipinski definition) is 6. The SMILES string of the molecule is Cc1ccc(-c2noc(CN3CCN(C(=O)c4ccc(Br)o4)CC3)n2)cc1. The molecule has 0 unspecified atom stereocenters. The maximum absolute atomic E-state index is 12.4. The van der Waals surface area contributed by atoms with E-state index in [1.807, 2.05) is 31.2 Å². The molecule has 3 heterocycles. The number of aromatic nitrogens is 2. The lowest BCUT2D eigenvalue weighted by molar-refractivity contribution is 0.0583. The van der Waals surface area contributed by atoms with E-state index >= 15 is 0 Å². The van der Waals surface area contributed by atoms with Crippen molar-refractivity contribution in [2.24, 2.45) is 0 Å². The molecule has 1 fully saturated rings. The van der Waals surface area contributed by atoms with Crippen LogP contribution in [-0.4, -0.2) is 52.0 Å². The van der Waals surface area contributed by atoms with Crippen molar-refractivity contribution >= 4 is 21.8 Å². The van der Waals surface area contributed by atoms with Gasteiger partial charge >= 0.3 is 0 Å². The molecule has 140 valence electrons. The third kappa shape index (κ3) is 4.12. The van der Waals surface area contributed by atoms with Crippen LogP contribution in [0.5, 0.6) is 0 Å². The highest BCUT2D eigenvalue weighted by Crippen LogP contribution is 2.19. The van der Waals surface area contributed by atoms with Crippen LogP contribution in [0.15, 0.2) is 50.0 Å². The van der Waals surface area contributed by atoms with E-state index in [4.69, 9.17) is 8.94 Å². The van der Waals surface area contributed by atoms with E-state index in [0.717, 1.165) is 18.7 Å². The predicted octanol–water partition coefficient (Wildman–Crippen LogP) is 3.36. The molecule has 8 heteroatoms. The minimum Gasteiger partial charge on any atom is -0.444 e. The van der Waals surface area contributed by atoms with Gasteiger partial charge in [-0.15, -0.1) is 0 Å². The molecule has 27 heavy (non-hydrogen) atoms. The molecular weight excluding hydrogens is 412 g/mol. The number of carbonyl (C=O) groups is 1. The summed E-state index contributed by atoms with van der Waals surface area (Å²) in [6, 6.07) is 11.4. The van der Waals surface area contributed by atoms with Crippen molar-refractivity contribution < 1.29 is 13.7 Å². The summed E-state index contributed by atoms with van der Waals surface area (Å²) in [7, 11) is 0. The highest BCUT2D eigenvalue weighted by atomic mass is 79.9. The monoisotopic (exact) mass is 430 g/mol. The van der Waals surface area contributed by atoms with Crippen LogP contribution in [-0.2, 0) is 6.54 Å². The Hall–Kier alpha value is -2.45. The third-order valence-corrected chi connectivity index (χ3v) is 5.01. The molecule has 0 aliphatic carbocycles. The Morgan fingerprint density at radius 2 is 1.85 bits per heavy atom. The van der Waals surface area contributed by atoms with Crippen LogP contribution in [0.25, 0.3) is 11.4 Å². The summed E-state index contributed by atoms with van der Waals surface area (Å²) in [5.74, 6) is 1.46. The molecule has 1 saturated heterocycles. The fourth-order valence-electron chi connectivity index (χ4n) is 3.02. The quantitative estimate of drug-likeness (QED) is 0.631. The molecule has 0 bridgehead atoms. The summed E-state index contributed by atoms with van der Waals surface area (Å²) in [5.41, 5.74) is 2.13. The average molecular weight is 431 g/mol. The van der Waals surface area contributed by atoms with Crippen molar-refractivity contribution in [2.45, 2.75) is 13.5 Å². The molecule has 0 N–H and O–H groups in total. The first-order valence-electron chi connectivity index (χ1n) is 8.75. The first-order chi connectivity index (χ1) is 13.1. The minimum atomic E-state index is -0.0835. The zero-order valence-electron chi connectivity index (χ0n) is 14.9. The number of aryl methyl sites for hydroxylation is 1. The van der Waals surface area contributed by atoms with Crippen LogP contribution < -0.4 is 0 Å². The third-order valence-electron chi connectivity index (χ3n) is 4.58. The topological polar surface area (TPSA) is 75.6 Å². The Morgan fingerprint density at radius 1 is 1.11 bits per heavy atom. The van der Waals surface area contributed by atoms with Gasteiger partial charge in [-0.3, -0.25) is 9.69 Å². The number of halogens is 1. The van der Waals surface area contributed by atoms with Gasteiger partial charge in [-0.05, 0) is 35.0 Å². The summed E-state index contributed by atoms with van der Waals surface area (Å²) in [6.45, 7) is 5.38.